The van der Waals surface area contributed by atoms with Crippen LogP contribution in [0.3, 0.4) is 0 Å². The number of fused-ring (bicyclic) bond motifs is 3. The van der Waals surface area contributed by atoms with E-state index in [-0.39, 0.29) is 11.7 Å². The molecule has 7 nitrogen and oxygen atoms in total. The van der Waals surface area contributed by atoms with Crippen molar-refractivity contribution in [3.63, 3.8) is 0 Å². The predicted molar refractivity (Wildman–Crippen MR) is 132 cm³/mol. The first kappa shape index (κ1) is 22.3. The van der Waals surface area contributed by atoms with Crippen molar-refractivity contribution in [1.29, 1.82) is 0 Å². The van der Waals surface area contributed by atoms with Gasteiger partial charge < -0.3 is 20.7 Å². The largest absolute Gasteiger partial charge is 0.508 e. The number of unbranched alkanes of at least 4 members (excludes halogenated alkanes) is 1. The number of aromatic hydroxyl groups is 1. The second kappa shape index (κ2) is 9.32. The number of nitrogens with two attached hydrogens (primary N) is 1. The van der Waals surface area contributed by atoms with Crippen LogP contribution < -0.4 is 11.1 Å². The number of hydrogen-bond donors (Lipinski definition) is 3. The van der Waals surface area contributed by atoms with Crippen molar-refractivity contribution in [2.24, 2.45) is 0 Å². The van der Waals surface area contributed by atoms with Gasteiger partial charge in [-0.3, -0.25) is 4.79 Å². The summed E-state index contributed by atoms with van der Waals surface area (Å²) in [5.41, 5.74) is 11.6. The molecule has 7 heteroatoms. The second-order valence-electron chi connectivity index (χ2n) is 8.31. The van der Waals surface area contributed by atoms with E-state index in [1.807, 2.05) is 37.3 Å². The molecule has 2 aromatic carbocycles. The Kier molecular flexibility index (Phi) is 6.31. The first-order valence-electron chi connectivity index (χ1n) is 11.2. The average Bonchev–Trinajstić information content (AvgIpc) is 3.17. The van der Waals surface area contributed by atoms with E-state index in [9.17, 15) is 9.90 Å². The summed E-state index contributed by atoms with van der Waals surface area (Å²) in [6.07, 6.45) is 4.18. The highest BCUT2D eigenvalue weighted by atomic mass is 16.3. The quantitative estimate of drug-likeness (QED) is 0.351. The number of phenols is 1. The third kappa shape index (κ3) is 4.53. The first-order chi connectivity index (χ1) is 15.9. The first-order valence-corrected chi connectivity index (χ1v) is 11.2. The number of anilines is 1. The molecule has 4 rings (SSSR count). The van der Waals surface area contributed by atoms with Crippen LogP contribution in [-0.2, 0) is 24.3 Å². The number of carbonyl (C=O) groups is 1. The minimum atomic E-state index is -0.221. The zero-order valence-electron chi connectivity index (χ0n) is 19.1. The third-order valence-electron chi connectivity index (χ3n) is 5.86. The van der Waals surface area contributed by atoms with Crippen LogP contribution in [0.15, 0.2) is 49.1 Å². The molecule has 2 aromatic heterocycles. The number of hydrogen-bond acceptors (Lipinski definition) is 5. The van der Waals surface area contributed by atoms with Gasteiger partial charge in [-0.05, 0) is 48.2 Å². The van der Waals surface area contributed by atoms with E-state index in [1.54, 1.807) is 6.07 Å². The summed E-state index contributed by atoms with van der Waals surface area (Å²) in [7, 11) is 0. The lowest BCUT2D eigenvalue weighted by Crippen LogP contribution is -2.19. The molecule has 0 saturated heterocycles. The van der Waals surface area contributed by atoms with Gasteiger partial charge in [0.2, 0.25) is 5.91 Å². The van der Waals surface area contributed by atoms with Crippen molar-refractivity contribution in [1.82, 2.24) is 19.9 Å². The van der Waals surface area contributed by atoms with E-state index in [1.165, 1.54) is 6.08 Å². The molecule has 0 atom stereocenters. The SMILES string of the molecule is C=CC(=O)NCc1ccc2c(c1)nc(N)c1nc(CCCC)n(Cc3ccc(O)c(C)c3)c12. The Morgan fingerprint density at radius 3 is 2.73 bits per heavy atom. The van der Waals surface area contributed by atoms with Gasteiger partial charge in [0.05, 0.1) is 11.0 Å². The van der Waals surface area contributed by atoms with Crippen LogP contribution in [0.5, 0.6) is 5.75 Å². The highest BCUT2D eigenvalue weighted by molar-refractivity contribution is 6.06. The third-order valence-corrected chi connectivity index (χ3v) is 5.86. The normalized spacial score (nSPS) is 11.2. The molecule has 0 fully saturated rings. The van der Waals surface area contributed by atoms with Crippen molar-refractivity contribution < 1.29 is 9.90 Å². The number of nitrogens with one attached hydrogen (secondary N) is 1. The average molecular weight is 444 g/mol. The van der Waals surface area contributed by atoms with Crippen LogP contribution in [0.25, 0.3) is 21.9 Å². The topological polar surface area (TPSA) is 106 Å². The maximum absolute atomic E-state index is 11.5. The van der Waals surface area contributed by atoms with Gasteiger partial charge in [-0.25, -0.2) is 9.97 Å². The molecule has 4 aromatic rings. The maximum Gasteiger partial charge on any atom is 0.243 e. The smallest absolute Gasteiger partial charge is 0.243 e. The minimum absolute atomic E-state index is 0.221. The number of aromatic nitrogens is 3. The second-order valence-corrected chi connectivity index (χ2v) is 8.31. The van der Waals surface area contributed by atoms with E-state index in [0.29, 0.717) is 24.4 Å². The van der Waals surface area contributed by atoms with Crippen molar-refractivity contribution in [2.45, 2.75) is 46.2 Å². The van der Waals surface area contributed by atoms with E-state index in [4.69, 9.17) is 10.7 Å². The number of nitrogens with zero attached hydrogens (tertiary/aromatic N) is 3. The molecule has 0 aliphatic heterocycles. The number of imidazole rings is 1. The predicted octanol–water partition coefficient (Wildman–Crippen LogP) is 4.37. The summed E-state index contributed by atoms with van der Waals surface area (Å²) in [5, 5.41) is 13.7. The van der Waals surface area contributed by atoms with Crippen molar-refractivity contribution in [2.75, 3.05) is 5.73 Å². The Balaban J connectivity index is 1.85. The number of nitrogen functional groups attached to an aromatic ring is 1. The van der Waals surface area contributed by atoms with Crippen LogP contribution in [0.1, 0.15) is 42.3 Å². The highest BCUT2D eigenvalue weighted by Gasteiger charge is 2.18. The van der Waals surface area contributed by atoms with Gasteiger partial charge in [-0.1, -0.05) is 44.2 Å². The van der Waals surface area contributed by atoms with Crippen LogP contribution in [0.2, 0.25) is 0 Å². The van der Waals surface area contributed by atoms with Gasteiger partial charge >= 0.3 is 0 Å². The fraction of sp³-hybridized carbons (Fsp3) is 0.269. The molecule has 0 spiro atoms. The lowest BCUT2D eigenvalue weighted by Gasteiger charge is -2.13. The Bertz CT molecular complexity index is 1360. The summed E-state index contributed by atoms with van der Waals surface area (Å²) in [5.74, 6) is 1.43. The number of carbonyl (C=O) groups excluding carboxylic acids is 1. The fourth-order valence-electron chi connectivity index (χ4n) is 4.07. The number of pyridine rings is 1. The van der Waals surface area contributed by atoms with Crippen LogP contribution in [0, 0.1) is 6.92 Å². The summed E-state index contributed by atoms with van der Waals surface area (Å²) < 4.78 is 2.22. The number of rotatable bonds is 8. The number of benzene rings is 2. The lowest BCUT2D eigenvalue weighted by atomic mass is 10.1. The zero-order chi connectivity index (χ0) is 23.5. The van der Waals surface area contributed by atoms with Crippen LogP contribution >= 0.6 is 0 Å². The van der Waals surface area contributed by atoms with E-state index in [0.717, 1.165) is 58.2 Å². The molecule has 0 unspecified atom stereocenters. The Morgan fingerprint density at radius 2 is 2.00 bits per heavy atom. The Morgan fingerprint density at radius 1 is 1.21 bits per heavy atom. The molecule has 0 aliphatic carbocycles. The monoisotopic (exact) mass is 443 g/mol. The molecular weight excluding hydrogens is 414 g/mol. The Hall–Kier alpha value is -3.87. The highest BCUT2D eigenvalue weighted by Crippen LogP contribution is 2.31. The maximum atomic E-state index is 11.5. The zero-order valence-corrected chi connectivity index (χ0v) is 19.1. The van der Waals surface area contributed by atoms with Gasteiger partial charge in [0, 0.05) is 24.9 Å². The van der Waals surface area contributed by atoms with E-state index < -0.39 is 0 Å². The molecule has 0 radical (unpaired) electrons. The van der Waals surface area contributed by atoms with Crippen LogP contribution in [0.4, 0.5) is 5.82 Å². The molecule has 170 valence electrons. The summed E-state index contributed by atoms with van der Waals surface area (Å²) >= 11 is 0. The molecule has 2 heterocycles. The molecule has 33 heavy (non-hydrogen) atoms. The van der Waals surface area contributed by atoms with Gasteiger partial charge in [0.1, 0.15) is 17.1 Å². The number of amides is 1. The fourth-order valence-corrected chi connectivity index (χ4v) is 4.07. The summed E-state index contributed by atoms with van der Waals surface area (Å²) in [4.78, 5) is 21.0. The molecule has 0 aliphatic rings. The van der Waals surface area contributed by atoms with Gasteiger partial charge in [0.25, 0.3) is 0 Å². The molecule has 0 bridgehead atoms. The molecular formula is C26H29N5O2. The van der Waals surface area contributed by atoms with E-state index in [2.05, 4.69) is 28.4 Å². The van der Waals surface area contributed by atoms with Crippen molar-refractivity contribution in [3.05, 3.63) is 71.6 Å². The van der Waals surface area contributed by atoms with Gasteiger partial charge in [-0.15, -0.1) is 0 Å². The number of phenolic OH excluding ortho intramolecular Hbond substituents is 1. The van der Waals surface area contributed by atoms with Crippen LogP contribution in [-0.4, -0.2) is 25.5 Å². The standard InChI is InChI=1S/C26H29N5O2/c1-4-6-7-22-30-24-25(31(22)15-18-9-11-21(32)16(3)12-18)19-10-8-17(14-28-23(33)5-2)13-20(19)29-26(24)27/h5,8-13,32H,2,4,6-7,14-15H2,1,3H3,(H2,27,29)(H,28,33). The van der Waals surface area contributed by atoms with Gasteiger partial charge in [-0.2, -0.15) is 0 Å². The van der Waals surface area contributed by atoms with Gasteiger partial charge in [0.15, 0.2) is 5.82 Å². The lowest BCUT2D eigenvalue weighted by molar-refractivity contribution is -0.116. The van der Waals surface area contributed by atoms with Crippen molar-refractivity contribution >= 4 is 33.7 Å². The minimum Gasteiger partial charge on any atom is -0.508 e. The van der Waals surface area contributed by atoms with E-state index >= 15 is 0 Å². The van der Waals surface area contributed by atoms with Crippen molar-refractivity contribution in [3.8, 4) is 5.75 Å². The summed E-state index contributed by atoms with van der Waals surface area (Å²) in [6.45, 7) is 8.54. The molecule has 0 saturated carbocycles. The molecule has 1 amide bonds. The Labute approximate surface area is 193 Å². The summed E-state index contributed by atoms with van der Waals surface area (Å²) in [6, 6.07) is 11.6. The number of aryl methyl sites for hydroxylation is 2. The molecule has 4 N–H and O–H groups in total.